The zero-order valence-electron chi connectivity index (χ0n) is 10.4. The number of anilines is 2. The second-order valence-corrected chi connectivity index (χ2v) is 4.55. The van der Waals surface area contributed by atoms with Gasteiger partial charge < -0.3 is 10.4 Å². The number of aryl methyl sites for hydroxylation is 2. The summed E-state index contributed by atoms with van der Waals surface area (Å²) >= 11 is 5.70. The van der Waals surface area contributed by atoms with E-state index in [0.29, 0.717) is 0 Å². The lowest BCUT2D eigenvalue weighted by atomic mass is 10.1. The molecule has 0 fully saturated rings. The molecule has 1 aromatic heterocycles. The van der Waals surface area contributed by atoms with Crippen LogP contribution in [-0.2, 0) is 0 Å². The van der Waals surface area contributed by atoms with Crippen LogP contribution in [0, 0.1) is 13.8 Å². The predicted octanol–water partition coefficient (Wildman–Crippen LogP) is 3.19. The number of rotatable bonds is 3. The molecule has 5 nitrogen and oxygen atoms in total. The fourth-order valence-corrected chi connectivity index (χ4v) is 1.93. The summed E-state index contributed by atoms with van der Waals surface area (Å²) in [7, 11) is 0. The Balaban J connectivity index is 2.42. The molecule has 6 heteroatoms. The Labute approximate surface area is 115 Å². The van der Waals surface area contributed by atoms with E-state index in [4.69, 9.17) is 16.7 Å². The number of hydrogen-bond acceptors (Lipinski definition) is 4. The van der Waals surface area contributed by atoms with E-state index in [-0.39, 0.29) is 16.7 Å². The monoisotopic (exact) mass is 277 g/mol. The first kappa shape index (κ1) is 13.3. The number of carbonyl (C=O) groups is 1. The molecule has 0 radical (unpaired) electrons. The molecule has 0 bridgehead atoms. The van der Waals surface area contributed by atoms with E-state index in [1.807, 2.05) is 32.0 Å². The molecule has 19 heavy (non-hydrogen) atoms. The summed E-state index contributed by atoms with van der Waals surface area (Å²) in [6, 6.07) is 5.82. The fourth-order valence-electron chi connectivity index (χ4n) is 1.80. The molecule has 0 amide bonds. The zero-order chi connectivity index (χ0) is 14.0. The van der Waals surface area contributed by atoms with Crippen molar-refractivity contribution in [3.63, 3.8) is 0 Å². The van der Waals surface area contributed by atoms with Gasteiger partial charge >= 0.3 is 5.97 Å². The summed E-state index contributed by atoms with van der Waals surface area (Å²) < 4.78 is 0. The second kappa shape index (κ2) is 5.24. The van der Waals surface area contributed by atoms with Crippen molar-refractivity contribution in [2.45, 2.75) is 13.8 Å². The Morgan fingerprint density at radius 3 is 2.47 bits per heavy atom. The number of carboxylic acids is 1. The van der Waals surface area contributed by atoms with Crippen LogP contribution in [0.4, 0.5) is 11.5 Å². The van der Waals surface area contributed by atoms with Crippen LogP contribution >= 0.6 is 11.6 Å². The summed E-state index contributed by atoms with van der Waals surface area (Å²) in [5.41, 5.74) is 2.87. The molecule has 0 saturated heterocycles. The van der Waals surface area contributed by atoms with Crippen molar-refractivity contribution < 1.29 is 9.90 Å². The number of halogens is 1. The molecular weight excluding hydrogens is 266 g/mol. The Morgan fingerprint density at radius 1 is 1.26 bits per heavy atom. The number of nitrogens with zero attached hydrogens (tertiary/aromatic N) is 2. The molecule has 1 aromatic carbocycles. The molecule has 2 N–H and O–H groups in total. The van der Waals surface area contributed by atoms with Crippen LogP contribution in [0.25, 0.3) is 0 Å². The lowest BCUT2D eigenvalue weighted by molar-refractivity contribution is 0.0697. The third-order valence-corrected chi connectivity index (χ3v) is 2.66. The highest BCUT2D eigenvalue weighted by molar-refractivity contribution is 6.28. The third-order valence-electron chi connectivity index (χ3n) is 2.47. The van der Waals surface area contributed by atoms with E-state index in [0.717, 1.165) is 16.8 Å². The van der Waals surface area contributed by atoms with Crippen molar-refractivity contribution in [2.75, 3.05) is 5.32 Å². The molecule has 2 aromatic rings. The van der Waals surface area contributed by atoms with Crippen LogP contribution in [0.2, 0.25) is 5.28 Å². The molecule has 0 aliphatic rings. The lowest BCUT2D eigenvalue weighted by Gasteiger charge is -2.10. The van der Waals surface area contributed by atoms with Gasteiger partial charge in [-0.25, -0.2) is 9.78 Å². The third kappa shape index (κ3) is 3.20. The first-order chi connectivity index (χ1) is 8.95. The maximum atomic E-state index is 11.1. The molecule has 0 saturated carbocycles. The van der Waals surface area contributed by atoms with E-state index in [9.17, 15) is 4.79 Å². The Morgan fingerprint density at radius 2 is 1.89 bits per heavy atom. The minimum absolute atomic E-state index is 0.00289. The molecule has 1 heterocycles. The van der Waals surface area contributed by atoms with Gasteiger partial charge in [0.25, 0.3) is 0 Å². The Kier molecular flexibility index (Phi) is 3.66. The van der Waals surface area contributed by atoms with Crippen molar-refractivity contribution in [2.24, 2.45) is 0 Å². The van der Waals surface area contributed by atoms with Crippen LogP contribution in [0.5, 0.6) is 0 Å². The smallest absolute Gasteiger partial charge is 0.341 e. The minimum atomic E-state index is -1.11. The topological polar surface area (TPSA) is 75.1 Å². The molecule has 0 aliphatic heterocycles. The maximum absolute atomic E-state index is 11.1. The van der Waals surface area contributed by atoms with Crippen LogP contribution in [0.1, 0.15) is 21.5 Å². The van der Waals surface area contributed by atoms with Crippen molar-refractivity contribution >= 4 is 29.1 Å². The minimum Gasteiger partial charge on any atom is -0.477 e. The molecule has 0 atom stereocenters. The number of aromatic nitrogens is 2. The average Bonchev–Trinajstić information content (AvgIpc) is 2.26. The predicted molar refractivity (Wildman–Crippen MR) is 73.2 cm³/mol. The van der Waals surface area contributed by atoms with E-state index >= 15 is 0 Å². The quantitative estimate of drug-likeness (QED) is 0.843. The van der Waals surface area contributed by atoms with Gasteiger partial charge in [-0.1, -0.05) is 6.07 Å². The molecule has 98 valence electrons. The van der Waals surface area contributed by atoms with Crippen molar-refractivity contribution in [1.29, 1.82) is 0 Å². The normalized spacial score (nSPS) is 10.3. The average molecular weight is 278 g/mol. The Hall–Kier alpha value is -2.14. The van der Waals surface area contributed by atoms with Crippen molar-refractivity contribution in [3.05, 3.63) is 46.4 Å². The van der Waals surface area contributed by atoms with Crippen molar-refractivity contribution in [3.8, 4) is 0 Å². The van der Waals surface area contributed by atoms with E-state index in [1.165, 1.54) is 6.20 Å². The van der Waals surface area contributed by atoms with Gasteiger partial charge in [0.15, 0.2) is 0 Å². The van der Waals surface area contributed by atoms with Crippen LogP contribution < -0.4 is 5.32 Å². The highest BCUT2D eigenvalue weighted by Crippen LogP contribution is 2.21. The van der Waals surface area contributed by atoms with Gasteiger partial charge in [0, 0.05) is 11.9 Å². The maximum Gasteiger partial charge on any atom is 0.341 e. The van der Waals surface area contributed by atoms with Crippen LogP contribution in [-0.4, -0.2) is 21.0 Å². The van der Waals surface area contributed by atoms with Crippen molar-refractivity contribution in [1.82, 2.24) is 9.97 Å². The standard InChI is InChI=1S/C13H12ClN3O2/c1-7-3-8(2)5-9(4-7)16-11-10(12(18)19)6-15-13(14)17-11/h3-6H,1-2H3,(H,18,19)(H,15,16,17). The summed E-state index contributed by atoms with van der Waals surface area (Å²) in [5.74, 6) is -0.930. The van der Waals surface area contributed by atoms with E-state index in [2.05, 4.69) is 15.3 Å². The molecular formula is C13H12ClN3O2. The summed E-state index contributed by atoms with van der Waals surface area (Å²) in [6.45, 7) is 3.92. The SMILES string of the molecule is Cc1cc(C)cc(Nc2nc(Cl)ncc2C(=O)O)c1. The van der Waals surface area contributed by atoms with E-state index < -0.39 is 5.97 Å². The number of benzene rings is 1. The zero-order valence-corrected chi connectivity index (χ0v) is 11.2. The van der Waals surface area contributed by atoms with Crippen LogP contribution in [0.3, 0.4) is 0 Å². The number of carboxylic acid groups (broad SMARTS) is 1. The number of hydrogen-bond donors (Lipinski definition) is 2. The number of nitrogens with one attached hydrogen (secondary N) is 1. The van der Waals surface area contributed by atoms with Gasteiger partial charge in [0.05, 0.1) is 0 Å². The first-order valence-electron chi connectivity index (χ1n) is 5.57. The summed E-state index contributed by atoms with van der Waals surface area (Å²) in [6.07, 6.45) is 1.18. The van der Waals surface area contributed by atoms with Gasteiger partial charge in [-0.3, -0.25) is 0 Å². The highest BCUT2D eigenvalue weighted by Gasteiger charge is 2.13. The summed E-state index contributed by atoms with van der Waals surface area (Å²) in [4.78, 5) is 18.7. The largest absolute Gasteiger partial charge is 0.477 e. The lowest BCUT2D eigenvalue weighted by Crippen LogP contribution is -2.06. The van der Waals surface area contributed by atoms with Gasteiger partial charge in [0.1, 0.15) is 11.4 Å². The number of aromatic carboxylic acids is 1. The fraction of sp³-hybridized carbons (Fsp3) is 0.154. The Bertz CT molecular complexity index is 624. The second-order valence-electron chi connectivity index (χ2n) is 4.21. The van der Waals surface area contributed by atoms with E-state index in [1.54, 1.807) is 0 Å². The van der Waals surface area contributed by atoms with Gasteiger partial charge in [-0.2, -0.15) is 4.98 Å². The molecule has 2 rings (SSSR count). The molecule has 0 spiro atoms. The van der Waals surface area contributed by atoms with Gasteiger partial charge in [-0.05, 0) is 48.7 Å². The van der Waals surface area contributed by atoms with Gasteiger partial charge in [-0.15, -0.1) is 0 Å². The molecule has 0 unspecified atom stereocenters. The van der Waals surface area contributed by atoms with Gasteiger partial charge in [0.2, 0.25) is 5.28 Å². The highest BCUT2D eigenvalue weighted by atomic mass is 35.5. The van der Waals surface area contributed by atoms with Crippen LogP contribution in [0.15, 0.2) is 24.4 Å². The molecule has 0 aliphatic carbocycles. The first-order valence-corrected chi connectivity index (χ1v) is 5.94. The summed E-state index contributed by atoms with van der Waals surface area (Å²) in [5, 5.41) is 12.0.